The van der Waals surface area contributed by atoms with Crippen molar-refractivity contribution < 1.29 is 9.53 Å². The van der Waals surface area contributed by atoms with Crippen LogP contribution < -0.4 is 11.1 Å². The highest BCUT2D eigenvalue weighted by Gasteiger charge is 2.30. The predicted molar refractivity (Wildman–Crippen MR) is 118 cm³/mol. The van der Waals surface area contributed by atoms with E-state index in [9.17, 15) is 4.79 Å². The van der Waals surface area contributed by atoms with Gasteiger partial charge in [0.15, 0.2) is 5.96 Å². The van der Waals surface area contributed by atoms with E-state index in [4.69, 9.17) is 10.5 Å². The van der Waals surface area contributed by atoms with Crippen LogP contribution >= 0.6 is 24.0 Å². The SMILES string of the molecule is CN=C(NCC1CCOC1c1ccccc1)N1CCCC(CC(N)=O)C1.I. The number of piperidine rings is 1. The van der Waals surface area contributed by atoms with Crippen molar-refractivity contribution in [3.05, 3.63) is 35.9 Å². The Morgan fingerprint density at radius 3 is 2.81 bits per heavy atom. The van der Waals surface area contributed by atoms with Crippen LogP contribution in [0, 0.1) is 11.8 Å². The van der Waals surface area contributed by atoms with E-state index in [0.29, 0.717) is 18.3 Å². The highest BCUT2D eigenvalue weighted by Crippen LogP contribution is 2.34. The number of nitrogens with zero attached hydrogens (tertiary/aromatic N) is 2. The van der Waals surface area contributed by atoms with Gasteiger partial charge in [0.1, 0.15) is 0 Å². The molecule has 7 heteroatoms. The number of primary amides is 1. The summed E-state index contributed by atoms with van der Waals surface area (Å²) in [5.74, 6) is 1.46. The topological polar surface area (TPSA) is 80.0 Å². The van der Waals surface area contributed by atoms with Crippen LogP contribution in [0.2, 0.25) is 0 Å². The summed E-state index contributed by atoms with van der Waals surface area (Å²) in [5, 5.41) is 3.53. The van der Waals surface area contributed by atoms with Gasteiger partial charge in [-0.3, -0.25) is 9.79 Å². The van der Waals surface area contributed by atoms with Crippen LogP contribution in [0.5, 0.6) is 0 Å². The maximum atomic E-state index is 11.2. The Morgan fingerprint density at radius 2 is 2.11 bits per heavy atom. The predicted octanol–water partition coefficient (Wildman–Crippen LogP) is 2.55. The molecular formula is C20H31IN4O2. The average molecular weight is 486 g/mol. The molecule has 2 aliphatic heterocycles. The molecule has 1 aromatic rings. The van der Waals surface area contributed by atoms with Crippen molar-refractivity contribution in [2.24, 2.45) is 22.6 Å². The monoisotopic (exact) mass is 486 g/mol. The van der Waals surface area contributed by atoms with Crippen LogP contribution in [0.1, 0.15) is 37.4 Å². The number of rotatable bonds is 5. The molecule has 2 heterocycles. The molecule has 0 aliphatic carbocycles. The number of amides is 1. The number of benzene rings is 1. The van der Waals surface area contributed by atoms with E-state index in [-0.39, 0.29) is 36.0 Å². The Balaban J connectivity index is 0.00000261. The zero-order chi connectivity index (χ0) is 18.4. The Kier molecular flexibility index (Phi) is 8.82. The second-order valence-corrected chi connectivity index (χ2v) is 7.30. The molecular weight excluding hydrogens is 455 g/mol. The molecule has 0 spiro atoms. The van der Waals surface area contributed by atoms with Gasteiger partial charge in [0.25, 0.3) is 0 Å². The molecule has 3 unspecified atom stereocenters. The van der Waals surface area contributed by atoms with Gasteiger partial charge in [0.2, 0.25) is 5.91 Å². The average Bonchev–Trinajstić information content (AvgIpc) is 3.11. The number of hydrogen-bond acceptors (Lipinski definition) is 3. The van der Waals surface area contributed by atoms with E-state index in [0.717, 1.165) is 51.5 Å². The minimum absolute atomic E-state index is 0. The number of ether oxygens (including phenoxy) is 1. The van der Waals surface area contributed by atoms with E-state index in [1.54, 1.807) is 0 Å². The smallest absolute Gasteiger partial charge is 0.217 e. The van der Waals surface area contributed by atoms with Crippen molar-refractivity contribution in [1.82, 2.24) is 10.2 Å². The molecule has 2 saturated heterocycles. The first-order valence-corrected chi connectivity index (χ1v) is 9.58. The number of hydrogen-bond donors (Lipinski definition) is 2. The Morgan fingerprint density at radius 1 is 1.33 bits per heavy atom. The van der Waals surface area contributed by atoms with Gasteiger partial charge in [-0.1, -0.05) is 30.3 Å². The number of halogens is 1. The molecule has 3 atom stereocenters. The van der Waals surface area contributed by atoms with Crippen molar-refractivity contribution in [2.45, 2.75) is 31.8 Å². The molecule has 2 fully saturated rings. The number of aliphatic imine (C=N–C) groups is 1. The van der Waals surface area contributed by atoms with Crippen molar-refractivity contribution in [2.75, 3.05) is 33.3 Å². The van der Waals surface area contributed by atoms with Crippen LogP contribution in [0.4, 0.5) is 0 Å². The number of carbonyl (C=O) groups excluding carboxylic acids is 1. The standard InChI is InChI=1S/C20H30N4O2.HI/c1-22-20(24-10-5-6-15(14-24)12-18(21)25)23-13-17-9-11-26-19(17)16-7-3-2-4-8-16;/h2-4,7-8,15,17,19H,5-6,9-14H2,1H3,(H2,21,25)(H,22,23);1H. The van der Waals surface area contributed by atoms with E-state index < -0.39 is 0 Å². The quantitative estimate of drug-likeness (QED) is 0.381. The molecule has 0 radical (unpaired) electrons. The molecule has 0 saturated carbocycles. The Hall–Kier alpha value is -1.35. The largest absolute Gasteiger partial charge is 0.373 e. The summed E-state index contributed by atoms with van der Waals surface area (Å²) in [7, 11) is 1.82. The first kappa shape index (κ1) is 21.9. The number of likely N-dealkylation sites (tertiary alicyclic amines) is 1. The van der Waals surface area contributed by atoms with Gasteiger partial charge in [0, 0.05) is 45.6 Å². The number of nitrogens with two attached hydrogens (primary N) is 1. The van der Waals surface area contributed by atoms with E-state index in [1.165, 1.54) is 5.56 Å². The number of carbonyl (C=O) groups is 1. The Labute approximate surface area is 178 Å². The first-order valence-electron chi connectivity index (χ1n) is 9.58. The molecule has 1 amide bonds. The molecule has 150 valence electrons. The summed E-state index contributed by atoms with van der Waals surface area (Å²) >= 11 is 0. The van der Waals surface area contributed by atoms with Crippen LogP contribution in [0.25, 0.3) is 0 Å². The summed E-state index contributed by atoms with van der Waals surface area (Å²) < 4.78 is 5.98. The number of nitrogens with one attached hydrogen (secondary N) is 1. The van der Waals surface area contributed by atoms with Crippen molar-refractivity contribution in [1.29, 1.82) is 0 Å². The highest BCUT2D eigenvalue weighted by molar-refractivity contribution is 14.0. The second-order valence-electron chi connectivity index (χ2n) is 7.30. The van der Waals surface area contributed by atoms with Gasteiger partial charge in [-0.05, 0) is 30.7 Å². The molecule has 6 nitrogen and oxygen atoms in total. The van der Waals surface area contributed by atoms with Gasteiger partial charge in [0.05, 0.1) is 6.10 Å². The van der Waals surface area contributed by atoms with Gasteiger partial charge in [-0.25, -0.2) is 0 Å². The molecule has 1 aromatic carbocycles. The van der Waals surface area contributed by atoms with Crippen molar-refractivity contribution in [3.8, 4) is 0 Å². The minimum atomic E-state index is -0.214. The van der Waals surface area contributed by atoms with Gasteiger partial charge in [-0.2, -0.15) is 0 Å². The molecule has 0 aromatic heterocycles. The summed E-state index contributed by atoms with van der Waals surface area (Å²) in [6, 6.07) is 10.4. The fraction of sp³-hybridized carbons (Fsp3) is 0.600. The normalized spacial score (nSPS) is 25.7. The van der Waals surface area contributed by atoms with Crippen LogP contribution in [-0.2, 0) is 9.53 Å². The zero-order valence-electron chi connectivity index (χ0n) is 16.0. The maximum absolute atomic E-state index is 11.2. The third kappa shape index (κ3) is 6.07. The van der Waals surface area contributed by atoms with Crippen molar-refractivity contribution in [3.63, 3.8) is 0 Å². The van der Waals surface area contributed by atoms with Crippen LogP contribution in [0.15, 0.2) is 35.3 Å². The first-order chi connectivity index (χ1) is 12.7. The van der Waals surface area contributed by atoms with E-state index >= 15 is 0 Å². The fourth-order valence-corrected chi connectivity index (χ4v) is 4.12. The fourth-order valence-electron chi connectivity index (χ4n) is 4.12. The van der Waals surface area contributed by atoms with E-state index in [1.807, 2.05) is 13.1 Å². The molecule has 2 aliphatic rings. The lowest BCUT2D eigenvalue weighted by Gasteiger charge is -2.35. The molecule has 0 bridgehead atoms. The van der Waals surface area contributed by atoms with Gasteiger partial charge < -0.3 is 20.7 Å². The summed E-state index contributed by atoms with van der Waals surface area (Å²) in [6.45, 7) is 3.45. The summed E-state index contributed by atoms with van der Waals surface area (Å²) in [4.78, 5) is 17.9. The lowest BCUT2D eigenvalue weighted by Crippen LogP contribution is -2.48. The van der Waals surface area contributed by atoms with E-state index in [2.05, 4.69) is 39.5 Å². The maximum Gasteiger partial charge on any atom is 0.217 e. The van der Waals surface area contributed by atoms with Gasteiger partial charge in [-0.15, -0.1) is 24.0 Å². The molecule has 27 heavy (non-hydrogen) atoms. The van der Waals surface area contributed by atoms with Gasteiger partial charge >= 0.3 is 0 Å². The third-order valence-corrected chi connectivity index (χ3v) is 5.38. The zero-order valence-corrected chi connectivity index (χ0v) is 18.3. The molecule has 3 N–H and O–H groups in total. The lowest BCUT2D eigenvalue weighted by atomic mass is 9.94. The molecule has 3 rings (SSSR count). The minimum Gasteiger partial charge on any atom is -0.373 e. The summed E-state index contributed by atoms with van der Waals surface area (Å²) in [6.07, 6.45) is 3.78. The van der Waals surface area contributed by atoms with Crippen LogP contribution in [-0.4, -0.2) is 50.1 Å². The third-order valence-electron chi connectivity index (χ3n) is 5.38. The highest BCUT2D eigenvalue weighted by atomic mass is 127. The van der Waals surface area contributed by atoms with Crippen LogP contribution in [0.3, 0.4) is 0 Å². The summed E-state index contributed by atoms with van der Waals surface area (Å²) in [5.41, 5.74) is 6.61. The Bertz CT molecular complexity index is 626. The lowest BCUT2D eigenvalue weighted by molar-refractivity contribution is -0.119. The number of guanidine groups is 1. The van der Waals surface area contributed by atoms with Crippen molar-refractivity contribution >= 4 is 35.8 Å². The second kappa shape index (κ2) is 10.8.